The Morgan fingerprint density at radius 2 is 1.16 bits per heavy atom. The summed E-state index contributed by atoms with van der Waals surface area (Å²) in [6.07, 6.45) is 18.9. The van der Waals surface area contributed by atoms with Crippen molar-refractivity contribution in [2.75, 3.05) is 7.05 Å². The van der Waals surface area contributed by atoms with E-state index in [9.17, 15) is 5.21 Å². The maximum Gasteiger partial charge on any atom is 0.113 e. The number of benzene rings is 1. The molecule has 1 rings (SSSR count). The molecule has 0 saturated carbocycles. The molecule has 0 amide bonds. The third-order valence-electron chi connectivity index (χ3n) is 5.29. The number of rotatable bonds is 16. The van der Waals surface area contributed by atoms with E-state index in [2.05, 4.69) is 19.1 Å². The van der Waals surface area contributed by atoms with Gasteiger partial charge in [-0.3, -0.25) is 0 Å². The highest BCUT2D eigenvalue weighted by Crippen LogP contribution is 2.18. The van der Waals surface area contributed by atoms with Crippen molar-refractivity contribution in [1.82, 2.24) is 0 Å². The molecule has 0 heterocycles. The summed E-state index contributed by atoms with van der Waals surface area (Å²) in [4.78, 5) is 0. The van der Waals surface area contributed by atoms with Gasteiger partial charge in [-0.1, -0.05) is 114 Å². The molecule has 1 N–H and O–H groups in total. The summed E-state index contributed by atoms with van der Waals surface area (Å²) in [6.45, 7) is 2.28. The molecule has 0 aliphatic heterocycles. The van der Waals surface area contributed by atoms with Crippen molar-refractivity contribution in [2.24, 2.45) is 0 Å². The molecular weight excluding hydrogens is 306 g/mol. The molecule has 2 atom stereocenters. The molecule has 2 unspecified atom stereocenters. The van der Waals surface area contributed by atoms with Crippen LogP contribution in [0.2, 0.25) is 0 Å². The van der Waals surface area contributed by atoms with Gasteiger partial charge in [0.25, 0.3) is 0 Å². The maximum atomic E-state index is 11.9. The van der Waals surface area contributed by atoms with Crippen LogP contribution < -0.4 is 5.06 Å². The van der Waals surface area contributed by atoms with E-state index < -0.39 is 0 Å². The smallest absolute Gasteiger partial charge is 0.113 e. The van der Waals surface area contributed by atoms with Crippen LogP contribution >= 0.6 is 0 Å². The van der Waals surface area contributed by atoms with Crippen LogP contribution in [0.3, 0.4) is 0 Å². The Hall–Kier alpha value is -0.860. The summed E-state index contributed by atoms with van der Waals surface area (Å²) >= 11 is 0. The first-order valence-corrected chi connectivity index (χ1v) is 10.8. The van der Waals surface area contributed by atoms with Gasteiger partial charge in [0.15, 0.2) is 0 Å². The summed E-state index contributed by atoms with van der Waals surface area (Å²) in [7, 11) is 1.74. The fourth-order valence-corrected chi connectivity index (χ4v) is 3.66. The predicted octanol–water partition coefficient (Wildman–Crippen LogP) is 6.22. The van der Waals surface area contributed by atoms with E-state index in [1.54, 1.807) is 7.05 Å². The van der Waals surface area contributed by atoms with Gasteiger partial charge in [-0.25, -0.2) is 0 Å². The number of hydroxylamine groups is 2. The molecule has 2 heteroatoms. The first kappa shape index (κ1) is 22.2. The zero-order valence-electron chi connectivity index (χ0n) is 16.8. The van der Waals surface area contributed by atoms with E-state index in [0.717, 1.165) is 6.42 Å². The summed E-state index contributed by atoms with van der Waals surface area (Å²) in [5.41, 5.74) is 1.19. The first-order valence-electron chi connectivity index (χ1n) is 10.8. The normalized spacial score (nSPS) is 13.7. The number of nitrogens with one attached hydrogen (secondary N) is 1. The molecule has 25 heavy (non-hydrogen) atoms. The van der Waals surface area contributed by atoms with Gasteiger partial charge in [0.2, 0.25) is 0 Å². The van der Waals surface area contributed by atoms with Gasteiger partial charge in [0.1, 0.15) is 6.04 Å². The van der Waals surface area contributed by atoms with Crippen molar-refractivity contribution in [3.8, 4) is 0 Å². The lowest BCUT2D eigenvalue weighted by Gasteiger charge is -2.28. The SMILES string of the molecule is CCCCCCCCCCCCCCCC(c1ccccc1)[NH+](C)[O-]. The van der Waals surface area contributed by atoms with E-state index in [1.807, 2.05) is 18.2 Å². The fraction of sp³-hybridized carbons (Fsp3) is 0.739. The molecule has 1 aromatic carbocycles. The van der Waals surface area contributed by atoms with Crippen LogP contribution in [0, 0.1) is 5.21 Å². The maximum absolute atomic E-state index is 11.9. The molecule has 0 aromatic heterocycles. The Bertz CT molecular complexity index is 390. The molecule has 1 aromatic rings. The quantitative estimate of drug-likeness (QED) is 0.279. The van der Waals surface area contributed by atoms with Crippen LogP contribution in [0.5, 0.6) is 0 Å². The van der Waals surface area contributed by atoms with E-state index in [0.29, 0.717) is 5.06 Å². The van der Waals surface area contributed by atoms with Gasteiger partial charge in [-0.2, -0.15) is 0 Å². The van der Waals surface area contributed by atoms with Crippen LogP contribution in [0.25, 0.3) is 0 Å². The van der Waals surface area contributed by atoms with Crippen LogP contribution in [-0.4, -0.2) is 7.05 Å². The molecule has 2 nitrogen and oxygen atoms in total. The van der Waals surface area contributed by atoms with Gasteiger partial charge >= 0.3 is 0 Å². The highest BCUT2D eigenvalue weighted by Gasteiger charge is 2.14. The summed E-state index contributed by atoms with van der Waals surface area (Å²) < 4.78 is 0. The molecule has 0 bridgehead atoms. The zero-order chi connectivity index (χ0) is 18.2. The zero-order valence-corrected chi connectivity index (χ0v) is 16.8. The Kier molecular flexibility index (Phi) is 13.7. The topological polar surface area (TPSA) is 27.5 Å². The minimum atomic E-state index is 0.105. The lowest BCUT2D eigenvalue weighted by Crippen LogP contribution is -3.04. The number of hydrogen-bond donors (Lipinski definition) is 1. The van der Waals surface area contributed by atoms with Crippen molar-refractivity contribution in [3.05, 3.63) is 41.1 Å². The lowest BCUT2D eigenvalue weighted by atomic mass is 9.99. The molecule has 0 spiro atoms. The predicted molar refractivity (Wildman–Crippen MR) is 110 cm³/mol. The molecule has 144 valence electrons. The van der Waals surface area contributed by atoms with Gasteiger partial charge in [-0.05, 0) is 6.42 Å². The third-order valence-corrected chi connectivity index (χ3v) is 5.29. The number of quaternary nitrogens is 1. The second-order valence-electron chi connectivity index (χ2n) is 7.61. The van der Waals surface area contributed by atoms with E-state index in [4.69, 9.17) is 0 Å². The lowest BCUT2D eigenvalue weighted by molar-refractivity contribution is -0.861. The van der Waals surface area contributed by atoms with E-state index >= 15 is 0 Å². The third kappa shape index (κ3) is 11.4. The van der Waals surface area contributed by atoms with Crippen molar-refractivity contribution in [1.29, 1.82) is 0 Å². The highest BCUT2D eigenvalue weighted by molar-refractivity contribution is 5.17. The van der Waals surface area contributed by atoms with Crippen LogP contribution in [0.1, 0.15) is 108 Å². The monoisotopic (exact) mass is 347 g/mol. The van der Waals surface area contributed by atoms with Crippen molar-refractivity contribution in [3.63, 3.8) is 0 Å². The van der Waals surface area contributed by atoms with Crippen LogP contribution in [-0.2, 0) is 0 Å². The minimum absolute atomic E-state index is 0.105. The van der Waals surface area contributed by atoms with Gasteiger partial charge in [-0.15, -0.1) is 0 Å². The fourth-order valence-electron chi connectivity index (χ4n) is 3.66. The van der Waals surface area contributed by atoms with Crippen molar-refractivity contribution < 1.29 is 5.06 Å². The molecule has 0 aliphatic carbocycles. The van der Waals surface area contributed by atoms with Gasteiger partial charge in [0.05, 0.1) is 7.05 Å². The van der Waals surface area contributed by atoms with Crippen molar-refractivity contribution >= 4 is 0 Å². The molecule has 0 saturated heterocycles. The Balaban J connectivity index is 1.95. The Labute approximate surface area is 156 Å². The highest BCUT2D eigenvalue weighted by atomic mass is 16.5. The minimum Gasteiger partial charge on any atom is -0.634 e. The van der Waals surface area contributed by atoms with Crippen LogP contribution in [0.4, 0.5) is 0 Å². The largest absolute Gasteiger partial charge is 0.634 e. The Morgan fingerprint density at radius 3 is 1.60 bits per heavy atom. The summed E-state index contributed by atoms with van der Waals surface area (Å²) in [6, 6.07) is 10.4. The molecule has 0 aliphatic rings. The Morgan fingerprint density at radius 1 is 0.720 bits per heavy atom. The van der Waals surface area contributed by atoms with Gasteiger partial charge in [0, 0.05) is 12.0 Å². The van der Waals surface area contributed by atoms with E-state index in [1.165, 1.54) is 89.0 Å². The second-order valence-corrected chi connectivity index (χ2v) is 7.61. The van der Waals surface area contributed by atoms with Crippen LogP contribution in [0.15, 0.2) is 30.3 Å². The summed E-state index contributed by atoms with van der Waals surface area (Å²) in [5, 5.41) is 12.2. The number of unbranched alkanes of at least 4 members (excludes halogenated alkanes) is 12. The standard InChI is InChI=1S/C23H41NO/c1-3-4-5-6-7-8-9-10-11-12-13-14-18-21-23(24(2)25)22-19-16-15-17-20-22/h15-17,19-20,23-24H,3-14,18,21H2,1-2H3. The average molecular weight is 348 g/mol. The number of hydrogen-bond acceptors (Lipinski definition) is 1. The first-order chi connectivity index (χ1) is 12.3. The summed E-state index contributed by atoms with van der Waals surface area (Å²) in [5.74, 6) is 0. The van der Waals surface area contributed by atoms with Gasteiger partial charge < -0.3 is 10.3 Å². The van der Waals surface area contributed by atoms with Crippen molar-refractivity contribution in [2.45, 2.75) is 103 Å². The second kappa shape index (κ2) is 15.4. The average Bonchev–Trinajstić information content (AvgIpc) is 2.62. The molecule has 0 radical (unpaired) electrons. The molecule has 0 fully saturated rings. The van der Waals surface area contributed by atoms with E-state index in [-0.39, 0.29) is 6.04 Å². The molecular formula is C23H41NO.